The van der Waals surface area contributed by atoms with Crippen LogP contribution in [0.3, 0.4) is 0 Å². The highest BCUT2D eigenvalue weighted by Crippen LogP contribution is 2.44. The van der Waals surface area contributed by atoms with Crippen LogP contribution in [0, 0.1) is 11.3 Å². The Morgan fingerprint density at radius 2 is 2.17 bits per heavy atom. The van der Waals surface area contributed by atoms with Crippen molar-refractivity contribution in [3.05, 3.63) is 0 Å². The molecule has 12 heavy (non-hydrogen) atoms. The van der Waals surface area contributed by atoms with Crippen LogP contribution in [0.5, 0.6) is 0 Å². The first-order valence-electron chi connectivity index (χ1n) is 5.16. The molecule has 0 N–H and O–H groups in total. The van der Waals surface area contributed by atoms with E-state index < -0.39 is 0 Å². The number of alkyl halides is 1. The van der Waals surface area contributed by atoms with Crippen molar-refractivity contribution in [3.8, 4) is 0 Å². The highest BCUT2D eigenvalue weighted by atomic mass is 79.9. The van der Waals surface area contributed by atoms with Crippen LogP contribution >= 0.6 is 15.9 Å². The molecule has 0 aromatic rings. The fraction of sp³-hybridized carbons (Fsp3) is 1.00. The summed E-state index contributed by atoms with van der Waals surface area (Å²) in [5.74, 6) is 0.871. The molecule has 0 spiro atoms. The second-order valence-electron chi connectivity index (χ2n) is 5.08. The largest absolute Gasteiger partial charge is 0.0890 e. The van der Waals surface area contributed by atoms with Gasteiger partial charge < -0.3 is 0 Å². The maximum absolute atomic E-state index is 3.72. The molecule has 0 aromatic heterocycles. The van der Waals surface area contributed by atoms with Crippen molar-refractivity contribution in [2.45, 2.75) is 57.7 Å². The van der Waals surface area contributed by atoms with E-state index in [0.29, 0.717) is 5.41 Å². The summed E-state index contributed by atoms with van der Waals surface area (Å²) in [4.78, 5) is 0.801. The molecule has 0 radical (unpaired) electrons. The fourth-order valence-corrected chi connectivity index (χ4v) is 3.12. The van der Waals surface area contributed by atoms with Gasteiger partial charge in [0, 0.05) is 4.83 Å². The van der Waals surface area contributed by atoms with Gasteiger partial charge in [0.2, 0.25) is 0 Å². The Kier molecular flexibility index (Phi) is 3.63. The Labute approximate surface area is 85.3 Å². The van der Waals surface area contributed by atoms with Gasteiger partial charge in [0.1, 0.15) is 0 Å². The van der Waals surface area contributed by atoms with E-state index in [2.05, 4.69) is 36.7 Å². The minimum absolute atomic E-state index is 0.651. The molecule has 0 heterocycles. The zero-order valence-electron chi connectivity index (χ0n) is 8.57. The lowest BCUT2D eigenvalue weighted by molar-refractivity contribution is 0.282. The van der Waals surface area contributed by atoms with Gasteiger partial charge in [-0.3, -0.25) is 0 Å². The first kappa shape index (κ1) is 10.6. The molecule has 1 fully saturated rings. The van der Waals surface area contributed by atoms with Crippen molar-refractivity contribution in [1.82, 2.24) is 0 Å². The van der Waals surface area contributed by atoms with Gasteiger partial charge in [0.05, 0.1) is 0 Å². The lowest BCUT2D eigenvalue weighted by Gasteiger charge is -2.24. The maximum Gasteiger partial charge on any atom is 0.0151 e. The van der Waals surface area contributed by atoms with E-state index in [4.69, 9.17) is 0 Å². The van der Waals surface area contributed by atoms with Crippen molar-refractivity contribution >= 4 is 15.9 Å². The quantitative estimate of drug-likeness (QED) is 0.634. The van der Waals surface area contributed by atoms with Crippen LogP contribution in [-0.2, 0) is 0 Å². The third-order valence-corrected chi connectivity index (χ3v) is 3.88. The number of halogens is 1. The van der Waals surface area contributed by atoms with E-state index in [1.165, 1.54) is 32.1 Å². The first-order chi connectivity index (χ1) is 5.52. The molecule has 1 heteroatoms. The molecule has 1 rings (SSSR count). The van der Waals surface area contributed by atoms with E-state index in [9.17, 15) is 0 Å². The summed E-state index contributed by atoms with van der Waals surface area (Å²) < 4.78 is 0. The van der Waals surface area contributed by atoms with Crippen molar-refractivity contribution in [2.24, 2.45) is 11.3 Å². The molecule has 0 bridgehead atoms. The van der Waals surface area contributed by atoms with Crippen LogP contribution in [0.25, 0.3) is 0 Å². The predicted octanol–water partition coefficient (Wildman–Crippen LogP) is 4.38. The van der Waals surface area contributed by atoms with Gasteiger partial charge in [0.15, 0.2) is 0 Å². The molecule has 2 unspecified atom stereocenters. The normalized spacial score (nSPS) is 36.2. The summed E-state index contributed by atoms with van der Waals surface area (Å²) in [6.45, 7) is 7.10. The predicted molar refractivity (Wildman–Crippen MR) is 58.7 cm³/mol. The van der Waals surface area contributed by atoms with Gasteiger partial charge in [-0.25, -0.2) is 0 Å². The van der Waals surface area contributed by atoms with Crippen LogP contribution in [-0.4, -0.2) is 4.83 Å². The van der Waals surface area contributed by atoms with Crippen LogP contribution in [0.2, 0.25) is 0 Å². The molecule has 1 aliphatic rings. The van der Waals surface area contributed by atoms with Gasteiger partial charge in [-0.15, -0.1) is 0 Å². The van der Waals surface area contributed by atoms with Crippen molar-refractivity contribution < 1.29 is 0 Å². The minimum atomic E-state index is 0.651. The lowest BCUT2D eigenvalue weighted by atomic mass is 9.82. The molecule has 1 saturated carbocycles. The molecule has 0 aliphatic heterocycles. The fourth-order valence-electron chi connectivity index (χ4n) is 2.11. The van der Waals surface area contributed by atoms with Crippen LogP contribution in [0.4, 0.5) is 0 Å². The van der Waals surface area contributed by atoms with E-state index in [1.807, 2.05) is 0 Å². The zero-order chi connectivity index (χ0) is 9.19. The number of rotatable bonds is 3. The number of hydrogen-bond donors (Lipinski definition) is 0. The summed E-state index contributed by atoms with van der Waals surface area (Å²) in [5.41, 5.74) is 0.651. The third kappa shape index (κ3) is 3.08. The topological polar surface area (TPSA) is 0 Å². The first-order valence-corrected chi connectivity index (χ1v) is 6.07. The standard InChI is InChI=1S/C11H21Br/c1-9(2)4-6-11(3)7-5-10(12)8-11/h9-10H,4-8H2,1-3H3. The summed E-state index contributed by atoms with van der Waals surface area (Å²) >= 11 is 3.72. The van der Waals surface area contributed by atoms with E-state index in [1.54, 1.807) is 0 Å². The van der Waals surface area contributed by atoms with E-state index in [-0.39, 0.29) is 0 Å². The molecule has 0 saturated heterocycles. The van der Waals surface area contributed by atoms with Crippen molar-refractivity contribution in [2.75, 3.05) is 0 Å². The molecular weight excluding hydrogens is 212 g/mol. The van der Waals surface area contributed by atoms with Gasteiger partial charge >= 0.3 is 0 Å². The minimum Gasteiger partial charge on any atom is -0.0890 e. The van der Waals surface area contributed by atoms with Crippen LogP contribution in [0.15, 0.2) is 0 Å². The average molecular weight is 233 g/mol. The van der Waals surface area contributed by atoms with Crippen LogP contribution < -0.4 is 0 Å². The molecule has 0 aromatic carbocycles. The number of hydrogen-bond acceptors (Lipinski definition) is 0. The SMILES string of the molecule is CC(C)CCC1(C)CCC(Br)C1. The van der Waals surface area contributed by atoms with Gasteiger partial charge in [0.25, 0.3) is 0 Å². The second-order valence-corrected chi connectivity index (χ2v) is 6.38. The van der Waals surface area contributed by atoms with Crippen LogP contribution in [0.1, 0.15) is 52.9 Å². The molecule has 2 atom stereocenters. The zero-order valence-corrected chi connectivity index (χ0v) is 10.2. The van der Waals surface area contributed by atoms with E-state index in [0.717, 1.165) is 10.7 Å². The lowest BCUT2D eigenvalue weighted by Crippen LogP contribution is -2.12. The highest BCUT2D eigenvalue weighted by Gasteiger charge is 2.33. The molecule has 0 nitrogen and oxygen atoms in total. The second kappa shape index (κ2) is 4.13. The van der Waals surface area contributed by atoms with E-state index >= 15 is 0 Å². The molecule has 72 valence electrons. The Morgan fingerprint density at radius 1 is 1.50 bits per heavy atom. The Balaban J connectivity index is 2.30. The average Bonchev–Trinajstić information content (AvgIpc) is 2.29. The molecule has 1 aliphatic carbocycles. The maximum atomic E-state index is 3.72. The van der Waals surface area contributed by atoms with Crippen molar-refractivity contribution in [3.63, 3.8) is 0 Å². The van der Waals surface area contributed by atoms with Gasteiger partial charge in [-0.2, -0.15) is 0 Å². The smallest absolute Gasteiger partial charge is 0.0151 e. The molecular formula is C11H21Br. The van der Waals surface area contributed by atoms with Gasteiger partial charge in [-0.05, 0) is 37.0 Å². The van der Waals surface area contributed by atoms with Crippen molar-refractivity contribution in [1.29, 1.82) is 0 Å². The monoisotopic (exact) mass is 232 g/mol. The third-order valence-electron chi connectivity index (χ3n) is 3.10. The summed E-state index contributed by atoms with van der Waals surface area (Å²) in [5, 5.41) is 0. The van der Waals surface area contributed by atoms with Gasteiger partial charge in [-0.1, -0.05) is 43.1 Å². The summed E-state index contributed by atoms with van der Waals surface area (Å²) in [6, 6.07) is 0. The Bertz CT molecular complexity index is 142. The highest BCUT2D eigenvalue weighted by molar-refractivity contribution is 9.09. The Hall–Kier alpha value is 0.480. The summed E-state index contributed by atoms with van der Waals surface area (Å²) in [7, 11) is 0. The Morgan fingerprint density at radius 3 is 2.58 bits per heavy atom. The summed E-state index contributed by atoms with van der Waals surface area (Å²) in [6.07, 6.45) is 7.02. The molecule has 0 amide bonds.